The zero-order valence-corrected chi connectivity index (χ0v) is 12.6. The molecule has 0 bridgehead atoms. The number of rotatable bonds is 3. The SMILES string of the molecule is NC1CN(Cc2ccccc2)CC1c1ccccc1C(F)(F)F. The van der Waals surface area contributed by atoms with Crippen molar-refractivity contribution >= 4 is 0 Å². The van der Waals surface area contributed by atoms with Gasteiger partial charge in [0.15, 0.2) is 0 Å². The molecule has 1 saturated heterocycles. The van der Waals surface area contributed by atoms with E-state index in [0.717, 1.165) is 11.6 Å². The molecular formula is C18H19F3N2. The molecule has 2 nitrogen and oxygen atoms in total. The summed E-state index contributed by atoms with van der Waals surface area (Å²) in [4.78, 5) is 2.12. The first-order valence-corrected chi connectivity index (χ1v) is 7.63. The third-order valence-electron chi connectivity index (χ3n) is 4.36. The Morgan fingerprint density at radius 1 is 0.957 bits per heavy atom. The number of benzene rings is 2. The van der Waals surface area contributed by atoms with Crippen molar-refractivity contribution in [3.05, 3.63) is 71.3 Å². The molecule has 2 atom stereocenters. The van der Waals surface area contributed by atoms with Crippen LogP contribution < -0.4 is 5.73 Å². The molecule has 0 aliphatic carbocycles. The van der Waals surface area contributed by atoms with Crippen molar-refractivity contribution in [2.24, 2.45) is 5.73 Å². The first-order valence-electron chi connectivity index (χ1n) is 7.63. The monoisotopic (exact) mass is 320 g/mol. The quantitative estimate of drug-likeness (QED) is 0.936. The summed E-state index contributed by atoms with van der Waals surface area (Å²) < 4.78 is 39.7. The normalized spacial score (nSPS) is 22.4. The Morgan fingerprint density at radius 3 is 2.30 bits per heavy atom. The fourth-order valence-corrected chi connectivity index (χ4v) is 3.29. The van der Waals surface area contributed by atoms with Gasteiger partial charge in [0.1, 0.15) is 0 Å². The Morgan fingerprint density at radius 2 is 1.61 bits per heavy atom. The molecule has 0 aromatic heterocycles. The van der Waals surface area contributed by atoms with E-state index < -0.39 is 11.7 Å². The van der Waals surface area contributed by atoms with Gasteiger partial charge in [-0.05, 0) is 17.2 Å². The highest BCUT2D eigenvalue weighted by Crippen LogP contribution is 2.38. The van der Waals surface area contributed by atoms with E-state index in [1.54, 1.807) is 12.1 Å². The summed E-state index contributed by atoms with van der Waals surface area (Å²) in [5.74, 6) is -0.295. The minimum absolute atomic E-state index is 0.290. The van der Waals surface area contributed by atoms with E-state index >= 15 is 0 Å². The van der Waals surface area contributed by atoms with E-state index in [4.69, 9.17) is 5.73 Å². The van der Waals surface area contributed by atoms with Gasteiger partial charge in [-0.15, -0.1) is 0 Å². The Labute approximate surface area is 133 Å². The number of alkyl halides is 3. The average molecular weight is 320 g/mol. The van der Waals surface area contributed by atoms with Crippen LogP contribution in [0.3, 0.4) is 0 Å². The van der Waals surface area contributed by atoms with E-state index in [9.17, 15) is 13.2 Å². The van der Waals surface area contributed by atoms with Crippen molar-refractivity contribution in [3.8, 4) is 0 Å². The van der Waals surface area contributed by atoms with Crippen molar-refractivity contribution in [1.82, 2.24) is 4.90 Å². The molecule has 1 fully saturated rings. The highest BCUT2D eigenvalue weighted by atomic mass is 19.4. The van der Waals surface area contributed by atoms with Gasteiger partial charge in [0.25, 0.3) is 0 Å². The van der Waals surface area contributed by atoms with Crippen LogP contribution in [0, 0.1) is 0 Å². The summed E-state index contributed by atoms with van der Waals surface area (Å²) in [6, 6.07) is 15.4. The molecular weight excluding hydrogens is 301 g/mol. The lowest BCUT2D eigenvalue weighted by Gasteiger charge is -2.20. The van der Waals surface area contributed by atoms with Crippen LogP contribution in [-0.2, 0) is 12.7 Å². The molecule has 2 aromatic carbocycles. The molecule has 3 rings (SSSR count). The Hall–Kier alpha value is -1.85. The van der Waals surface area contributed by atoms with Crippen molar-refractivity contribution < 1.29 is 13.2 Å². The molecule has 2 aromatic rings. The van der Waals surface area contributed by atoms with Crippen LogP contribution in [0.15, 0.2) is 54.6 Å². The molecule has 1 aliphatic heterocycles. The average Bonchev–Trinajstić information content (AvgIpc) is 2.88. The summed E-state index contributed by atoms with van der Waals surface area (Å²) in [6.45, 7) is 1.86. The van der Waals surface area contributed by atoms with Gasteiger partial charge in [-0.25, -0.2) is 0 Å². The Kier molecular flexibility index (Phi) is 4.41. The lowest BCUT2D eigenvalue weighted by molar-refractivity contribution is -0.138. The van der Waals surface area contributed by atoms with Gasteiger partial charge in [-0.3, -0.25) is 4.90 Å². The summed E-state index contributed by atoms with van der Waals surface area (Å²) >= 11 is 0. The number of nitrogens with zero attached hydrogens (tertiary/aromatic N) is 1. The minimum atomic E-state index is -4.34. The van der Waals surface area contributed by atoms with Crippen LogP contribution in [0.5, 0.6) is 0 Å². The molecule has 0 saturated carbocycles. The van der Waals surface area contributed by atoms with Crippen LogP contribution >= 0.6 is 0 Å². The fourth-order valence-electron chi connectivity index (χ4n) is 3.29. The van der Waals surface area contributed by atoms with E-state index in [2.05, 4.69) is 4.90 Å². The van der Waals surface area contributed by atoms with Crippen LogP contribution in [0.2, 0.25) is 0 Å². The number of hydrogen-bond acceptors (Lipinski definition) is 2. The highest BCUT2D eigenvalue weighted by Gasteiger charge is 2.39. The molecule has 2 N–H and O–H groups in total. The molecule has 2 unspecified atom stereocenters. The maximum absolute atomic E-state index is 13.2. The first kappa shape index (κ1) is 16.0. The van der Waals surface area contributed by atoms with Crippen LogP contribution in [0.25, 0.3) is 0 Å². The van der Waals surface area contributed by atoms with Gasteiger partial charge in [0.05, 0.1) is 5.56 Å². The predicted octanol–water partition coefficient (Wildman–Crippen LogP) is 3.63. The number of likely N-dealkylation sites (tertiary alicyclic amines) is 1. The summed E-state index contributed by atoms with van der Waals surface area (Å²) in [7, 11) is 0. The van der Waals surface area contributed by atoms with Gasteiger partial charge in [0, 0.05) is 31.6 Å². The maximum atomic E-state index is 13.2. The van der Waals surface area contributed by atoms with Crippen LogP contribution in [0.1, 0.15) is 22.6 Å². The molecule has 5 heteroatoms. The zero-order valence-electron chi connectivity index (χ0n) is 12.6. The van der Waals surface area contributed by atoms with Crippen LogP contribution in [0.4, 0.5) is 13.2 Å². The molecule has 0 radical (unpaired) electrons. The zero-order chi connectivity index (χ0) is 16.4. The minimum Gasteiger partial charge on any atom is -0.326 e. The largest absolute Gasteiger partial charge is 0.416 e. The number of nitrogens with two attached hydrogens (primary N) is 1. The van der Waals surface area contributed by atoms with E-state index in [0.29, 0.717) is 25.2 Å². The maximum Gasteiger partial charge on any atom is 0.416 e. The second-order valence-corrected chi connectivity index (χ2v) is 6.04. The van der Waals surface area contributed by atoms with Crippen LogP contribution in [-0.4, -0.2) is 24.0 Å². The Balaban J connectivity index is 1.80. The second kappa shape index (κ2) is 6.34. The van der Waals surface area contributed by atoms with Gasteiger partial charge in [-0.1, -0.05) is 48.5 Å². The molecule has 1 aliphatic rings. The summed E-state index contributed by atoms with van der Waals surface area (Å²) in [5, 5.41) is 0. The summed E-state index contributed by atoms with van der Waals surface area (Å²) in [6.07, 6.45) is -4.34. The smallest absolute Gasteiger partial charge is 0.326 e. The summed E-state index contributed by atoms with van der Waals surface area (Å²) in [5.41, 5.74) is 7.04. The predicted molar refractivity (Wildman–Crippen MR) is 83.9 cm³/mol. The third kappa shape index (κ3) is 3.57. The lowest BCUT2D eigenvalue weighted by Crippen LogP contribution is -2.29. The van der Waals surface area contributed by atoms with Gasteiger partial charge < -0.3 is 5.73 Å². The fraction of sp³-hybridized carbons (Fsp3) is 0.333. The van der Waals surface area contributed by atoms with E-state index in [1.807, 2.05) is 30.3 Å². The van der Waals surface area contributed by atoms with E-state index in [-0.39, 0.29) is 12.0 Å². The second-order valence-electron chi connectivity index (χ2n) is 6.04. The van der Waals surface area contributed by atoms with Crippen molar-refractivity contribution in [3.63, 3.8) is 0 Å². The molecule has 23 heavy (non-hydrogen) atoms. The van der Waals surface area contributed by atoms with Gasteiger partial charge in [-0.2, -0.15) is 13.2 Å². The third-order valence-corrected chi connectivity index (χ3v) is 4.36. The Bertz CT molecular complexity index is 655. The van der Waals surface area contributed by atoms with Crippen molar-refractivity contribution in [2.45, 2.75) is 24.7 Å². The van der Waals surface area contributed by atoms with Gasteiger partial charge >= 0.3 is 6.18 Å². The topological polar surface area (TPSA) is 29.3 Å². The van der Waals surface area contributed by atoms with Crippen molar-refractivity contribution in [2.75, 3.05) is 13.1 Å². The number of hydrogen-bond donors (Lipinski definition) is 1. The van der Waals surface area contributed by atoms with E-state index in [1.165, 1.54) is 6.07 Å². The molecule has 1 heterocycles. The van der Waals surface area contributed by atoms with Gasteiger partial charge in [0.2, 0.25) is 0 Å². The first-order chi connectivity index (χ1) is 10.9. The highest BCUT2D eigenvalue weighted by molar-refractivity contribution is 5.35. The van der Waals surface area contributed by atoms with Crippen molar-refractivity contribution in [1.29, 1.82) is 0 Å². The molecule has 0 spiro atoms. The lowest BCUT2D eigenvalue weighted by atomic mass is 9.90. The molecule has 0 amide bonds. The standard InChI is InChI=1S/C18H19F3N2/c19-18(20,21)16-9-5-4-8-14(16)15-11-23(12-17(15)22)10-13-6-2-1-3-7-13/h1-9,15,17H,10-12,22H2. The number of halogens is 3. The molecule has 122 valence electrons.